The fourth-order valence-electron chi connectivity index (χ4n) is 2.38. The van der Waals surface area contributed by atoms with Crippen molar-refractivity contribution in [2.45, 2.75) is 6.92 Å². The molecule has 124 valence electrons. The zero-order valence-electron chi connectivity index (χ0n) is 13.3. The second-order valence-corrected chi connectivity index (χ2v) is 5.47. The van der Waals surface area contributed by atoms with Gasteiger partial charge < -0.3 is 20.1 Å². The fraction of sp³-hybridized carbons (Fsp3) is 0.222. The van der Waals surface area contributed by atoms with E-state index in [1.807, 2.05) is 25.1 Å². The Morgan fingerprint density at radius 3 is 3.00 bits per heavy atom. The third kappa shape index (κ3) is 3.84. The minimum Gasteiger partial charge on any atom is -0.491 e. The van der Waals surface area contributed by atoms with Crippen LogP contribution in [0.2, 0.25) is 0 Å². The number of aryl methyl sites for hydroxylation is 1. The molecule has 2 N–H and O–H groups in total. The summed E-state index contributed by atoms with van der Waals surface area (Å²) in [4.78, 5) is 24.0. The predicted molar refractivity (Wildman–Crippen MR) is 89.6 cm³/mol. The maximum atomic E-state index is 12.0. The van der Waals surface area contributed by atoms with Crippen LogP contribution in [0.4, 0.5) is 5.69 Å². The van der Waals surface area contributed by atoms with Crippen LogP contribution in [0.15, 0.2) is 42.5 Å². The average molecular weight is 326 g/mol. The van der Waals surface area contributed by atoms with Crippen molar-refractivity contribution in [2.75, 3.05) is 25.1 Å². The maximum absolute atomic E-state index is 12.0. The number of carbonyl (C=O) groups is 2. The quantitative estimate of drug-likeness (QED) is 0.902. The van der Waals surface area contributed by atoms with Crippen molar-refractivity contribution in [1.29, 1.82) is 0 Å². The molecule has 6 heteroatoms. The van der Waals surface area contributed by atoms with Crippen molar-refractivity contribution >= 4 is 17.5 Å². The smallest absolute Gasteiger partial charge is 0.262 e. The van der Waals surface area contributed by atoms with Crippen molar-refractivity contribution in [3.05, 3.63) is 53.6 Å². The molecule has 2 aromatic rings. The number of benzene rings is 2. The van der Waals surface area contributed by atoms with Gasteiger partial charge in [-0.2, -0.15) is 0 Å². The SMILES string of the molecule is Cc1cccc(OCC(=O)Nc2ccc3c(c2)C(=O)NCCO3)c1. The molecule has 0 spiro atoms. The number of carbonyl (C=O) groups excluding carboxylic acids is 2. The zero-order chi connectivity index (χ0) is 16.9. The van der Waals surface area contributed by atoms with Crippen LogP contribution >= 0.6 is 0 Å². The molecular weight excluding hydrogens is 308 g/mol. The largest absolute Gasteiger partial charge is 0.491 e. The number of anilines is 1. The maximum Gasteiger partial charge on any atom is 0.262 e. The van der Waals surface area contributed by atoms with Gasteiger partial charge in [-0.05, 0) is 42.8 Å². The number of hydrogen-bond donors (Lipinski definition) is 2. The van der Waals surface area contributed by atoms with E-state index in [1.54, 1.807) is 24.3 Å². The highest BCUT2D eigenvalue weighted by atomic mass is 16.5. The van der Waals surface area contributed by atoms with Crippen LogP contribution < -0.4 is 20.1 Å². The summed E-state index contributed by atoms with van der Waals surface area (Å²) in [6.07, 6.45) is 0. The van der Waals surface area contributed by atoms with Gasteiger partial charge in [-0.25, -0.2) is 0 Å². The Morgan fingerprint density at radius 2 is 2.17 bits per heavy atom. The van der Waals surface area contributed by atoms with Gasteiger partial charge in [0.15, 0.2) is 6.61 Å². The standard InChI is InChI=1S/C18H18N2O4/c1-12-3-2-4-14(9-12)24-11-17(21)20-13-5-6-16-15(10-13)18(22)19-7-8-23-16/h2-6,9-10H,7-8,11H2,1H3,(H,19,22)(H,20,21). The summed E-state index contributed by atoms with van der Waals surface area (Å²) in [6.45, 7) is 2.73. The number of amides is 2. The van der Waals surface area contributed by atoms with Gasteiger partial charge in [-0.15, -0.1) is 0 Å². The topological polar surface area (TPSA) is 76.7 Å². The Labute approximate surface area is 139 Å². The van der Waals surface area contributed by atoms with Crippen LogP contribution in [0, 0.1) is 6.92 Å². The molecule has 1 aliphatic heterocycles. The summed E-state index contributed by atoms with van der Waals surface area (Å²) in [6, 6.07) is 12.4. The lowest BCUT2D eigenvalue weighted by molar-refractivity contribution is -0.118. The second kappa shape index (κ2) is 7.04. The van der Waals surface area contributed by atoms with E-state index >= 15 is 0 Å². The monoisotopic (exact) mass is 326 g/mol. The zero-order valence-corrected chi connectivity index (χ0v) is 13.3. The molecular formula is C18H18N2O4. The minimum absolute atomic E-state index is 0.108. The van der Waals surface area contributed by atoms with Gasteiger partial charge in [-0.1, -0.05) is 12.1 Å². The van der Waals surface area contributed by atoms with Gasteiger partial charge in [-0.3, -0.25) is 9.59 Å². The minimum atomic E-state index is -0.300. The third-order valence-corrected chi connectivity index (χ3v) is 3.51. The molecule has 0 bridgehead atoms. The Hall–Kier alpha value is -3.02. The summed E-state index contributed by atoms with van der Waals surface area (Å²) >= 11 is 0. The van der Waals surface area contributed by atoms with Gasteiger partial charge in [0.1, 0.15) is 18.1 Å². The Bertz CT molecular complexity index is 773. The van der Waals surface area contributed by atoms with Crippen LogP contribution in [-0.4, -0.2) is 31.6 Å². The molecule has 24 heavy (non-hydrogen) atoms. The van der Waals surface area contributed by atoms with Crippen LogP contribution in [0.3, 0.4) is 0 Å². The number of nitrogens with one attached hydrogen (secondary N) is 2. The van der Waals surface area contributed by atoms with E-state index in [0.29, 0.717) is 35.9 Å². The van der Waals surface area contributed by atoms with Gasteiger partial charge in [0.25, 0.3) is 11.8 Å². The van der Waals surface area contributed by atoms with E-state index < -0.39 is 0 Å². The molecule has 3 rings (SSSR count). The number of rotatable bonds is 4. The van der Waals surface area contributed by atoms with Crippen LogP contribution in [0.25, 0.3) is 0 Å². The summed E-state index contributed by atoms with van der Waals surface area (Å²) in [5, 5.41) is 5.45. The van der Waals surface area contributed by atoms with E-state index in [0.717, 1.165) is 5.56 Å². The molecule has 0 aliphatic carbocycles. The lowest BCUT2D eigenvalue weighted by Crippen LogP contribution is -2.24. The van der Waals surface area contributed by atoms with Crippen molar-refractivity contribution < 1.29 is 19.1 Å². The Kier molecular flexibility index (Phi) is 4.65. The predicted octanol–water partition coefficient (Wildman–Crippen LogP) is 2.13. The van der Waals surface area contributed by atoms with Gasteiger partial charge in [0.05, 0.1) is 12.1 Å². The molecule has 2 amide bonds. The van der Waals surface area contributed by atoms with Crippen molar-refractivity contribution in [3.63, 3.8) is 0 Å². The Morgan fingerprint density at radius 1 is 1.29 bits per heavy atom. The molecule has 0 unspecified atom stereocenters. The first-order chi connectivity index (χ1) is 11.6. The first kappa shape index (κ1) is 15.9. The summed E-state index contributed by atoms with van der Waals surface area (Å²) in [5.74, 6) is 0.639. The first-order valence-electron chi connectivity index (χ1n) is 7.66. The van der Waals surface area contributed by atoms with Crippen molar-refractivity contribution in [2.24, 2.45) is 0 Å². The lowest BCUT2D eigenvalue weighted by atomic mass is 10.1. The van der Waals surface area contributed by atoms with E-state index in [-0.39, 0.29) is 18.4 Å². The number of fused-ring (bicyclic) bond motifs is 1. The highest BCUT2D eigenvalue weighted by Crippen LogP contribution is 2.24. The van der Waals surface area contributed by atoms with Gasteiger partial charge in [0.2, 0.25) is 0 Å². The lowest BCUT2D eigenvalue weighted by Gasteiger charge is -2.10. The van der Waals surface area contributed by atoms with Crippen molar-refractivity contribution in [1.82, 2.24) is 5.32 Å². The highest BCUT2D eigenvalue weighted by Gasteiger charge is 2.17. The molecule has 0 saturated carbocycles. The highest BCUT2D eigenvalue weighted by molar-refractivity contribution is 5.99. The molecule has 1 heterocycles. The summed E-state index contributed by atoms with van der Waals surface area (Å²) in [7, 11) is 0. The molecule has 0 radical (unpaired) electrons. The normalized spacial score (nSPS) is 13.1. The number of ether oxygens (including phenoxy) is 2. The van der Waals surface area contributed by atoms with E-state index in [9.17, 15) is 9.59 Å². The van der Waals surface area contributed by atoms with E-state index in [1.165, 1.54) is 0 Å². The van der Waals surface area contributed by atoms with Gasteiger partial charge in [0, 0.05) is 5.69 Å². The third-order valence-electron chi connectivity index (χ3n) is 3.51. The molecule has 0 saturated heterocycles. The van der Waals surface area contributed by atoms with Crippen LogP contribution in [-0.2, 0) is 4.79 Å². The first-order valence-corrected chi connectivity index (χ1v) is 7.66. The average Bonchev–Trinajstić information content (AvgIpc) is 2.75. The van der Waals surface area contributed by atoms with Crippen molar-refractivity contribution in [3.8, 4) is 11.5 Å². The fourth-order valence-corrected chi connectivity index (χ4v) is 2.38. The molecule has 1 aliphatic rings. The molecule has 2 aromatic carbocycles. The molecule has 6 nitrogen and oxygen atoms in total. The van der Waals surface area contributed by atoms with E-state index in [4.69, 9.17) is 9.47 Å². The van der Waals surface area contributed by atoms with Gasteiger partial charge >= 0.3 is 0 Å². The summed E-state index contributed by atoms with van der Waals surface area (Å²) in [5.41, 5.74) is 1.99. The Balaban J connectivity index is 1.63. The van der Waals surface area contributed by atoms with Crippen LogP contribution in [0.5, 0.6) is 11.5 Å². The molecule has 0 aromatic heterocycles. The second-order valence-electron chi connectivity index (χ2n) is 5.47. The molecule has 0 fully saturated rings. The molecule has 0 atom stereocenters. The van der Waals surface area contributed by atoms with Crippen LogP contribution in [0.1, 0.15) is 15.9 Å². The summed E-state index contributed by atoms with van der Waals surface area (Å²) < 4.78 is 10.9. The number of hydrogen-bond acceptors (Lipinski definition) is 4. The van der Waals surface area contributed by atoms with E-state index in [2.05, 4.69) is 10.6 Å².